The third-order valence-electron chi connectivity index (χ3n) is 5.02. The second kappa shape index (κ2) is 9.16. The number of sulfonamides is 1. The van der Waals surface area contributed by atoms with Crippen molar-refractivity contribution in [1.82, 2.24) is 19.4 Å². The summed E-state index contributed by atoms with van der Waals surface area (Å²) < 4.78 is 31.5. The minimum atomic E-state index is -3.18. The summed E-state index contributed by atoms with van der Waals surface area (Å²) in [6, 6.07) is 0.707. The van der Waals surface area contributed by atoms with E-state index >= 15 is 0 Å². The van der Waals surface area contributed by atoms with Crippen LogP contribution in [0.2, 0.25) is 0 Å². The van der Waals surface area contributed by atoms with Crippen LogP contribution in [0.15, 0.2) is 0 Å². The van der Waals surface area contributed by atoms with E-state index in [1.54, 1.807) is 25.9 Å². The first-order valence-corrected chi connectivity index (χ1v) is 10.8. The summed E-state index contributed by atoms with van der Waals surface area (Å²) in [4.78, 5) is 18.1. The summed E-state index contributed by atoms with van der Waals surface area (Å²) >= 11 is 0. The van der Waals surface area contributed by atoms with Crippen molar-refractivity contribution in [3.05, 3.63) is 0 Å². The van der Waals surface area contributed by atoms with Gasteiger partial charge in [0, 0.05) is 65.6 Å². The van der Waals surface area contributed by atoms with Crippen LogP contribution in [0, 0.1) is 0 Å². The number of carbonyl (C=O) groups excluding carboxylic acids is 1. The van der Waals surface area contributed by atoms with E-state index < -0.39 is 10.0 Å². The first-order valence-electron chi connectivity index (χ1n) is 9.11. The number of amides is 2. The summed E-state index contributed by atoms with van der Waals surface area (Å²) in [6.45, 7) is 5.66. The van der Waals surface area contributed by atoms with Gasteiger partial charge in [-0.2, -0.15) is 0 Å². The van der Waals surface area contributed by atoms with Crippen molar-refractivity contribution in [2.75, 3.05) is 59.2 Å². The van der Waals surface area contributed by atoms with Crippen LogP contribution >= 0.6 is 0 Å². The zero-order chi connectivity index (χ0) is 18.4. The average Bonchev–Trinajstić information content (AvgIpc) is 3.08. The van der Waals surface area contributed by atoms with Gasteiger partial charge in [-0.05, 0) is 26.2 Å². The van der Waals surface area contributed by atoms with Gasteiger partial charge in [0.05, 0.1) is 5.75 Å². The fourth-order valence-electron chi connectivity index (χ4n) is 3.58. The normalized spacial score (nSPS) is 22.6. The number of carbonyl (C=O) groups is 1. The molecular weight excluding hydrogens is 344 g/mol. The summed E-state index contributed by atoms with van der Waals surface area (Å²) in [7, 11) is 0.361. The Morgan fingerprint density at radius 2 is 1.88 bits per heavy atom. The minimum Gasteiger partial charge on any atom is -0.381 e. The van der Waals surface area contributed by atoms with Crippen molar-refractivity contribution in [2.24, 2.45) is 0 Å². The molecule has 25 heavy (non-hydrogen) atoms. The van der Waals surface area contributed by atoms with Crippen LogP contribution < -0.4 is 4.72 Å². The first-order chi connectivity index (χ1) is 11.8. The summed E-state index contributed by atoms with van der Waals surface area (Å²) in [5.41, 5.74) is 0. The van der Waals surface area contributed by atoms with Gasteiger partial charge in [-0.25, -0.2) is 17.9 Å². The van der Waals surface area contributed by atoms with Gasteiger partial charge in [-0.3, -0.25) is 4.90 Å². The standard InChI is InChI=1S/C16H32N4O4S/c1-4-25(22,23)17-8-10-20(14-6-11-24-12-7-14)15-5-9-19(13-15)16(21)18(2)3/h14-15,17H,4-13H2,1-3H3. The fraction of sp³-hybridized carbons (Fsp3) is 0.938. The number of likely N-dealkylation sites (tertiary alicyclic amines) is 1. The van der Waals surface area contributed by atoms with E-state index in [4.69, 9.17) is 4.74 Å². The van der Waals surface area contributed by atoms with E-state index in [1.807, 2.05) is 4.90 Å². The number of nitrogens with one attached hydrogen (secondary N) is 1. The van der Waals surface area contributed by atoms with Gasteiger partial charge in [-0.15, -0.1) is 0 Å². The molecule has 1 N–H and O–H groups in total. The number of hydrogen-bond acceptors (Lipinski definition) is 5. The van der Waals surface area contributed by atoms with Crippen molar-refractivity contribution in [1.29, 1.82) is 0 Å². The number of urea groups is 1. The Balaban J connectivity index is 1.98. The second-order valence-electron chi connectivity index (χ2n) is 6.94. The van der Waals surface area contributed by atoms with Crippen LogP contribution in [0.1, 0.15) is 26.2 Å². The molecule has 2 rings (SSSR count). The number of ether oxygens (including phenoxy) is 1. The zero-order valence-corrected chi connectivity index (χ0v) is 16.4. The number of nitrogens with zero attached hydrogens (tertiary/aromatic N) is 3. The molecule has 1 atom stereocenters. The molecule has 0 aromatic rings. The number of hydrogen-bond donors (Lipinski definition) is 1. The molecule has 0 bridgehead atoms. The molecule has 2 fully saturated rings. The maximum Gasteiger partial charge on any atom is 0.319 e. The molecule has 2 saturated heterocycles. The Morgan fingerprint density at radius 1 is 1.20 bits per heavy atom. The van der Waals surface area contributed by atoms with Gasteiger partial charge in [0.15, 0.2) is 0 Å². The van der Waals surface area contributed by atoms with Crippen molar-refractivity contribution in [3.8, 4) is 0 Å². The molecule has 0 radical (unpaired) electrons. The van der Waals surface area contributed by atoms with Crippen LogP contribution in [-0.2, 0) is 14.8 Å². The molecule has 1 unspecified atom stereocenters. The summed E-state index contributed by atoms with van der Waals surface area (Å²) in [5, 5.41) is 0. The lowest BCUT2D eigenvalue weighted by molar-refractivity contribution is 0.0193. The molecule has 0 aliphatic carbocycles. The van der Waals surface area contributed by atoms with Crippen molar-refractivity contribution >= 4 is 16.1 Å². The molecule has 8 nitrogen and oxygen atoms in total. The summed E-state index contributed by atoms with van der Waals surface area (Å²) in [6.07, 6.45) is 2.84. The highest BCUT2D eigenvalue weighted by atomic mass is 32.2. The van der Waals surface area contributed by atoms with E-state index in [-0.39, 0.29) is 17.8 Å². The lowest BCUT2D eigenvalue weighted by atomic mass is 10.0. The van der Waals surface area contributed by atoms with E-state index in [2.05, 4.69) is 9.62 Å². The lowest BCUT2D eigenvalue weighted by Crippen LogP contribution is -2.50. The molecule has 2 amide bonds. The van der Waals surface area contributed by atoms with Crippen LogP contribution in [-0.4, -0.2) is 100 Å². The fourth-order valence-corrected chi connectivity index (χ4v) is 4.19. The molecular formula is C16H32N4O4S. The Kier molecular flexibility index (Phi) is 7.48. The lowest BCUT2D eigenvalue weighted by Gasteiger charge is -2.38. The van der Waals surface area contributed by atoms with E-state index in [1.165, 1.54) is 0 Å². The van der Waals surface area contributed by atoms with Crippen LogP contribution in [0.5, 0.6) is 0 Å². The van der Waals surface area contributed by atoms with Gasteiger partial charge in [0.1, 0.15) is 0 Å². The smallest absolute Gasteiger partial charge is 0.319 e. The van der Waals surface area contributed by atoms with Crippen LogP contribution in [0.25, 0.3) is 0 Å². The quantitative estimate of drug-likeness (QED) is 0.685. The zero-order valence-electron chi connectivity index (χ0n) is 15.6. The molecule has 2 heterocycles. The molecule has 9 heteroatoms. The molecule has 0 saturated carbocycles. The van der Waals surface area contributed by atoms with Crippen molar-refractivity contribution in [3.63, 3.8) is 0 Å². The Morgan fingerprint density at radius 3 is 2.48 bits per heavy atom. The second-order valence-corrected chi connectivity index (χ2v) is 9.04. The van der Waals surface area contributed by atoms with Crippen LogP contribution in [0.4, 0.5) is 4.79 Å². The van der Waals surface area contributed by atoms with Crippen molar-refractivity contribution < 1.29 is 17.9 Å². The van der Waals surface area contributed by atoms with Crippen molar-refractivity contribution in [2.45, 2.75) is 38.3 Å². The molecule has 0 aromatic heterocycles. The monoisotopic (exact) mass is 376 g/mol. The van der Waals surface area contributed by atoms with Gasteiger partial charge in [-0.1, -0.05) is 0 Å². The summed E-state index contributed by atoms with van der Waals surface area (Å²) in [5.74, 6) is 0.0960. The van der Waals surface area contributed by atoms with Gasteiger partial charge in [0.2, 0.25) is 10.0 Å². The Bertz CT molecular complexity index is 534. The Hall–Kier alpha value is -0.900. The third kappa shape index (κ3) is 5.80. The minimum absolute atomic E-state index is 0.0427. The maximum atomic E-state index is 12.2. The molecule has 2 aliphatic heterocycles. The molecule has 146 valence electrons. The highest BCUT2D eigenvalue weighted by Crippen LogP contribution is 2.23. The van der Waals surface area contributed by atoms with Gasteiger partial charge in [0.25, 0.3) is 0 Å². The van der Waals surface area contributed by atoms with E-state index in [9.17, 15) is 13.2 Å². The maximum absolute atomic E-state index is 12.2. The predicted octanol–water partition coefficient (Wildman–Crippen LogP) is 0.163. The molecule has 0 spiro atoms. The highest BCUT2D eigenvalue weighted by molar-refractivity contribution is 7.89. The Labute approximate surface area is 151 Å². The number of rotatable bonds is 7. The molecule has 0 aromatic carbocycles. The molecule has 2 aliphatic rings. The first kappa shape index (κ1) is 20.4. The third-order valence-corrected chi connectivity index (χ3v) is 6.42. The van der Waals surface area contributed by atoms with Gasteiger partial charge < -0.3 is 14.5 Å². The highest BCUT2D eigenvalue weighted by Gasteiger charge is 2.34. The topological polar surface area (TPSA) is 82.2 Å². The van der Waals surface area contributed by atoms with Crippen LogP contribution in [0.3, 0.4) is 0 Å². The van der Waals surface area contributed by atoms with E-state index in [0.29, 0.717) is 25.7 Å². The average molecular weight is 377 g/mol. The van der Waals surface area contributed by atoms with E-state index in [0.717, 1.165) is 39.0 Å². The predicted molar refractivity (Wildman–Crippen MR) is 97.1 cm³/mol. The van der Waals surface area contributed by atoms with Gasteiger partial charge >= 0.3 is 6.03 Å². The largest absolute Gasteiger partial charge is 0.381 e. The SMILES string of the molecule is CCS(=O)(=O)NCCN(C1CCOCC1)C1CCN(C(=O)N(C)C)C1.